The Morgan fingerprint density at radius 1 is 1.25 bits per heavy atom. The van der Waals surface area contributed by atoms with Crippen molar-refractivity contribution in [1.82, 2.24) is 20.4 Å². The first kappa shape index (κ1) is 15.6. The number of nitrogens with zero attached hydrogens (tertiary/aromatic N) is 2. The highest BCUT2D eigenvalue weighted by Crippen LogP contribution is 2.28. The summed E-state index contributed by atoms with van der Waals surface area (Å²) in [5.41, 5.74) is -0.301. The quantitative estimate of drug-likeness (QED) is 0.880. The minimum Gasteiger partial charge on any atom is -0.309 e. The maximum atomic E-state index is 12.5. The third kappa shape index (κ3) is 3.45. The number of fused-ring (bicyclic) bond motifs is 2. The summed E-state index contributed by atoms with van der Waals surface area (Å²) in [5, 5.41) is 9.38. The lowest BCUT2D eigenvalue weighted by molar-refractivity contribution is -0.141. The van der Waals surface area contributed by atoms with Crippen molar-refractivity contribution in [2.24, 2.45) is 0 Å². The average molecular weight is 311 g/mol. The topological polar surface area (TPSA) is 44.0 Å². The van der Waals surface area contributed by atoms with Crippen LogP contribution in [0.15, 0.2) is 6.07 Å². The van der Waals surface area contributed by atoms with E-state index in [9.17, 15) is 13.2 Å². The molecule has 0 radical (unpaired) electrons. The van der Waals surface area contributed by atoms with Crippen molar-refractivity contribution in [3.05, 3.63) is 17.5 Å². The van der Waals surface area contributed by atoms with Crippen LogP contribution in [0.1, 0.15) is 30.7 Å². The minimum atomic E-state index is -4.37. The molecule has 2 saturated heterocycles. The van der Waals surface area contributed by atoms with Crippen LogP contribution < -0.4 is 5.32 Å². The van der Waals surface area contributed by atoms with Crippen LogP contribution in [-0.4, -0.2) is 40.3 Å². The molecule has 2 N–H and O–H groups in total. The Morgan fingerprint density at radius 2 is 1.90 bits per heavy atom. The molecule has 20 heavy (non-hydrogen) atoms. The van der Waals surface area contributed by atoms with Gasteiger partial charge in [0.05, 0.1) is 0 Å². The Kier molecular flexibility index (Phi) is 4.61. The second-order valence-corrected chi connectivity index (χ2v) is 5.46. The van der Waals surface area contributed by atoms with Crippen LogP contribution in [0.25, 0.3) is 0 Å². The van der Waals surface area contributed by atoms with Crippen molar-refractivity contribution in [2.75, 3.05) is 13.1 Å². The lowest BCUT2D eigenvalue weighted by Gasteiger charge is -2.42. The molecule has 114 valence electrons. The van der Waals surface area contributed by atoms with Gasteiger partial charge in [0.15, 0.2) is 5.69 Å². The van der Waals surface area contributed by atoms with Gasteiger partial charge in [-0.3, -0.25) is 10.00 Å². The molecular formula is C12H18ClF3N4. The maximum Gasteiger partial charge on any atom is 0.435 e. The summed E-state index contributed by atoms with van der Waals surface area (Å²) < 4.78 is 37.4. The van der Waals surface area contributed by atoms with E-state index < -0.39 is 11.9 Å². The van der Waals surface area contributed by atoms with Crippen LogP contribution in [0.2, 0.25) is 0 Å². The molecule has 1 aromatic rings. The smallest absolute Gasteiger partial charge is 0.309 e. The average Bonchev–Trinajstić information content (AvgIpc) is 2.76. The van der Waals surface area contributed by atoms with Crippen molar-refractivity contribution in [2.45, 2.75) is 44.1 Å². The number of nitrogens with one attached hydrogen (secondary N) is 2. The number of H-pyrrole nitrogens is 1. The van der Waals surface area contributed by atoms with Gasteiger partial charge in [-0.1, -0.05) is 6.42 Å². The lowest BCUT2D eigenvalue weighted by Crippen LogP contribution is -2.58. The minimum absolute atomic E-state index is 0. The highest BCUT2D eigenvalue weighted by atomic mass is 35.5. The zero-order valence-electron chi connectivity index (χ0n) is 10.9. The van der Waals surface area contributed by atoms with Crippen LogP contribution in [0.5, 0.6) is 0 Å². The molecule has 0 aliphatic carbocycles. The second kappa shape index (κ2) is 5.91. The fourth-order valence-electron chi connectivity index (χ4n) is 3.05. The van der Waals surface area contributed by atoms with E-state index in [4.69, 9.17) is 0 Å². The molecule has 8 heteroatoms. The van der Waals surface area contributed by atoms with Gasteiger partial charge in [0.1, 0.15) is 0 Å². The van der Waals surface area contributed by atoms with Crippen LogP contribution >= 0.6 is 12.4 Å². The zero-order valence-corrected chi connectivity index (χ0v) is 11.7. The molecule has 0 spiro atoms. The van der Waals surface area contributed by atoms with Crippen molar-refractivity contribution in [3.8, 4) is 0 Å². The molecule has 4 nitrogen and oxygen atoms in total. The first-order valence-corrected chi connectivity index (χ1v) is 6.60. The number of aromatic nitrogens is 2. The van der Waals surface area contributed by atoms with Gasteiger partial charge in [-0.25, -0.2) is 0 Å². The molecule has 2 aliphatic heterocycles. The standard InChI is InChI=1S/C12H17F3N4.ClH/c13-12(14,15)11-4-10(17-18-11)7-19-5-8-2-1-3-9(6-19)16-8;/h4,8-9,16H,1-3,5-7H2,(H,17,18);1H. The summed E-state index contributed by atoms with van der Waals surface area (Å²) in [6.07, 6.45) is -0.805. The first-order chi connectivity index (χ1) is 9.00. The van der Waals surface area contributed by atoms with E-state index >= 15 is 0 Å². The SMILES string of the molecule is Cl.FC(F)(F)c1cc(CN2CC3CCCC(C2)N3)[nH]n1. The summed E-state index contributed by atoms with van der Waals surface area (Å²) in [4.78, 5) is 2.21. The van der Waals surface area contributed by atoms with E-state index in [1.807, 2.05) is 0 Å². The Balaban J connectivity index is 0.00000147. The number of piperazine rings is 1. The van der Waals surface area contributed by atoms with E-state index in [-0.39, 0.29) is 12.4 Å². The van der Waals surface area contributed by atoms with Gasteiger partial charge in [-0.15, -0.1) is 12.4 Å². The molecular weight excluding hydrogens is 293 g/mol. The number of alkyl halides is 3. The van der Waals surface area contributed by atoms with E-state index in [0.717, 1.165) is 32.0 Å². The molecule has 0 saturated carbocycles. The molecule has 2 bridgehead atoms. The highest BCUT2D eigenvalue weighted by molar-refractivity contribution is 5.85. The maximum absolute atomic E-state index is 12.5. The zero-order chi connectivity index (χ0) is 13.5. The molecule has 0 aromatic carbocycles. The lowest BCUT2D eigenvalue weighted by atomic mass is 9.94. The van der Waals surface area contributed by atoms with Gasteiger partial charge in [0.2, 0.25) is 0 Å². The Morgan fingerprint density at radius 3 is 2.45 bits per heavy atom. The number of hydrogen-bond acceptors (Lipinski definition) is 3. The predicted molar refractivity (Wildman–Crippen MR) is 70.7 cm³/mol. The van der Waals surface area contributed by atoms with Gasteiger partial charge in [0, 0.05) is 37.4 Å². The number of likely N-dealkylation sites (tertiary alicyclic amines) is 1. The van der Waals surface area contributed by atoms with Crippen molar-refractivity contribution >= 4 is 12.4 Å². The van der Waals surface area contributed by atoms with Gasteiger partial charge in [-0.05, 0) is 18.9 Å². The van der Waals surface area contributed by atoms with Crippen LogP contribution in [0, 0.1) is 0 Å². The molecule has 1 aromatic heterocycles. The second-order valence-electron chi connectivity index (χ2n) is 5.46. The van der Waals surface area contributed by atoms with E-state index in [2.05, 4.69) is 20.4 Å². The Labute approximate surface area is 121 Å². The van der Waals surface area contributed by atoms with Gasteiger partial charge in [-0.2, -0.15) is 18.3 Å². The van der Waals surface area contributed by atoms with Crippen molar-refractivity contribution in [3.63, 3.8) is 0 Å². The normalized spacial score (nSPS) is 27.1. The van der Waals surface area contributed by atoms with E-state index in [0.29, 0.717) is 24.3 Å². The summed E-state index contributed by atoms with van der Waals surface area (Å²) in [7, 11) is 0. The first-order valence-electron chi connectivity index (χ1n) is 6.60. The molecule has 3 heterocycles. The largest absolute Gasteiger partial charge is 0.435 e. The third-order valence-corrected chi connectivity index (χ3v) is 3.85. The van der Waals surface area contributed by atoms with E-state index in [1.165, 1.54) is 6.42 Å². The van der Waals surface area contributed by atoms with Crippen LogP contribution in [0.4, 0.5) is 13.2 Å². The van der Waals surface area contributed by atoms with Gasteiger partial charge in [0.25, 0.3) is 0 Å². The molecule has 3 rings (SSSR count). The summed E-state index contributed by atoms with van der Waals surface area (Å²) in [6.45, 7) is 2.31. The number of hydrogen-bond donors (Lipinski definition) is 2. The summed E-state index contributed by atoms with van der Waals surface area (Å²) in [5.74, 6) is 0. The fraction of sp³-hybridized carbons (Fsp3) is 0.750. The molecule has 2 aliphatic rings. The molecule has 2 fully saturated rings. The summed E-state index contributed by atoms with van der Waals surface area (Å²) >= 11 is 0. The number of rotatable bonds is 2. The van der Waals surface area contributed by atoms with Gasteiger partial charge < -0.3 is 5.32 Å². The molecule has 2 unspecified atom stereocenters. The monoisotopic (exact) mass is 310 g/mol. The van der Waals surface area contributed by atoms with Crippen molar-refractivity contribution < 1.29 is 13.2 Å². The Bertz CT molecular complexity index is 436. The van der Waals surface area contributed by atoms with Crippen molar-refractivity contribution in [1.29, 1.82) is 0 Å². The third-order valence-electron chi connectivity index (χ3n) is 3.85. The van der Waals surface area contributed by atoms with Crippen LogP contribution in [0.3, 0.4) is 0 Å². The highest BCUT2D eigenvalue weighted by Gasteiger charge is 2.34. The fourth-order valence-corrected chi connectivity index (χ4v) is 3.05. The Hall–Kier alpha value is -0.790. The number of halogens is 4. The number of piperidine rings is 1. The number of aromatic amines is 1. The molecule has 2 atom stereocenters. The molecule has 0 amide bonds. The van der Waals surface area contributed by atoms with Crippen LogP contribution in [-0.2, 0) is 12.7 Å². The summed E-state index contributed by atoms with van der Waals surface area (Å²) in [6, 6.07) is 2.08. The van der Waals surface area contributed by atoms with Gasteiger partial charge >= 0.3 is 6.18 Å². The predicted octanol–water partition coefficient (Wildman–Crippen LogP) is 2.18. The van der Waals surface area contributed by atoms with E-state index in [1.54, 1.807) is 0 Å².